The van der Waals surface area contributed by atoms with E-state index in [1.165, 1.54) is 28.7 Å². The number of thiophene rings is 1. The molecule has 6 aromatic rings. The lowest BCUT2D eigenvalue weighted by molar-refractivity contribution is -0.116. The molecule has 3 N–H and O–H groups in total. The summed E-state index contributed by atoms with van der Waals surface area (Å²) in [4.78, 5) is 42.9. The highest BCUT2D eigenvalue weighted by Gasteiger charge is 2.29. The van der Waals surface area contributed by atoms with Crippen molar-refractivity contribution in [2.45, 2.75) is 35.3 Å². The standard InChI is InChI=1S/C45H35ClN4O3S2/c46-34-22-19-29(20-23-34)25-39(49-42(51)32-15-8-3-9-16-32)43(52)48-35-17-10-18-36(27-35)54-41(31-13-6-2-7-14-31)44(53)50-45-38(28-47)37-24-21-33(26-40(37)55-45)30-11-4-1-5-12-30/h1-20,22-23,25,27,33,41H,21,24,26H2,(H,48,52)(H,49,51)(H,50,53)/b39-25-. The van der Waals surface area contributed by atoms with Crippen molar-refractivity contribution in [2.75, 3.05) is 10.6 Å². The van der Waals surface area contributed by atoms with Crippen LogP contribution in [-0.4, -0.2) is 17.7 Å². The molecule has 0 spiro atoms. The number of hydrogen-bond acceptors (Lipinski definition) is 6. The van der Waals surface area contributed by atoms with E-state index in [-0.39, 0.29) is 11.6 Å². The van der Waals surface area contributed by atoms with Gasteiger partial charge in [-0.3, -0.25) is 14.4 Å². The van der Waals surface area contributed by atoms with E-state index in [4.69, 9.17) is 11.6 Å². The Morgan fingerprint density at radius 3 is 2.24 bits per heavy atom. The number of anilines is 2. The third-order valence-electron chi connectivity index (χ3n) is 9.28. The summed E-state index contributed by atoms with van der Waals surface area (Å²) in [6, 6.07) is 45.1. The maximum Gasteiger partial charge on any atom is 0.272 e. The first kappa shape index (κ1) is 37.4. The molecule has 0 aliphatic heterocycles. The van der Waals surface area contributed by atoms with Crippen molar-refractivity contribution in [3.8, 4) is 6.07 Å². The number of nitriles is 1. The van der Waals surface area contributed by atoms with E-state index in [0.717, 1.165) is 40.2 Å². The van der Waals surface area contributed by atoms with Crippen LogP contribution >= 0.6 is 34.7 Å². The largest absolute Gasteiger partial charge is 0.321 e. The molecule has 55 heavy (non-hydrogen) atoms. The predicted molar refractivity (Wildman–Crippen MR) is 222 cm³/mol. The molecular formula is C45H35ClN4O3S2. The van der Waals surface area contributed by atoms with Crippen LogP contribution in [-0.2, 0) is 22.4 Å². The minimum Gasteiger partial charge on any atom is -0.321 e. The lowest BCUT2D eigenvalue weighted by Gasteiger charge is -2.22. The first-order valence-corrected chi connectivity index (χ1v) is 19.8. The van der Waals surface area contributed by atoms with Gasteiger partial charge in [-0.2, -0.15) is 5.26 Å². The summed E-state index contributed by atoms with van der Waals surface area (Å²) >= 11 is 8.92. The Kier molecular flexibility index (Phi) is 11.9. The molecule has 0 saturated carbocycles. The van der Waals surface area contributed by atoms with Gasteiger partial charge in [-0.1, -0.05) is 109 Å². The summed E-state index contributed by atoms with van der Waals surface area (Å²) in [5.41, 5.74) is 5.25. The molecular weight excluding hydrogens is 744 g/mol. The van der Waals surface area contributed by atoms with Gasteiger partial charge in [-0.05, 0) is 96.0 Å². The molecule has 1 aliphatic rings. The van der Waals surface area contributed by atoms with E-state index in [2.05, 4.69) is 46.3 Å². The van der Waals surface area contributed by atoms with Crippen LogP contribution in [0.15, 0.2) is 150 Å². The summed E-state index contributed by atoms with van der Waals surface area (Å²) in [5.74, 6) is -0.845. The summed E-state index contributed by atoms with van der Waals surface area (Å²) in [5, 5.41) is 19.5. The van der Waals surface area contributed by atoms with E-state index >= 15 is 0 Å². The smallest absolute Gasteiger partial charge is 0.272 e. The van der Waals surface area contributed by atoms with Crippen molar-refractivity contribution >= 4 is 69.2 Å². The molecule has 2 atom stereocenters. The van der Waals surface area contributed by atoms with Crippen molar-refractivity contribution in [2.24, 2.45) is 0 Å². The molecule has 1 heterocycles. The average Bonchev–Trinajstić information content (AvgIpc) is 3.57. The Morgan fingerprint density at radius 2 is 1.53 bits per heavy atom. The van der Waals surface area contributed by atoms with Gasteiger partial charge in [-0.15, -0.1) is 23.1 Å². The van der Waals surface area contributed by atoms with Crippen LogP contribution in [0, 0.1) is 11.3 Å². The SMILES string of the molecule is N#Cc1c(NC(=O)C(Sc2cccc(NC(=O)/C(=C/c3ccc(Cl)cc3)NC(=O)c3ccccc3)c2)c2ccccc2)sc2c1CCC(c1ccccc1)C2. The lowest BCUT2D eigenvalue weighted by Crippen LogP contribution is -2.30. The van der Waals surface area contributed by atoms with Crippen LogP contribution in [0.1, 0.15) is 60.6 Å². The quantitative estimate of drug-likeness (QED) is 0.0896. The lowest BCUT2D eigenvalue weighted by atomic mass is 9.83. The second-order valence-electron chi connectivity index (χ2n) is 13.0. The number of rotatable bonds is 11. The number of halogens is 1. The fourth-order valence-electron chi connectivity index (χ4n) is 6.53. The van der Waals surface area contributed by atoms with Crippen LogP contribution in [0.25, 0.3) is 6.08 Å². The van der Waals surface area contributed by atoms with Gasteiger partial charge in [0.15, 0.2) is 0 Å². The zero-order valence-electron chi connectivity index (χ0n) is 29.5. The van der Waals surface area contributed by atoms with Gasteiger partial charge >= 0.3 is 0 Å². The molecule has 272 valence electrons. The highest BCUT2D eigenvalue weighted by Crippen LogP contribution is 2.44. The third kappa shape index (κ3) is 9.25. The van der Waals surface area contributed by atoms with Gasteiger partial charge in [0.1, 0.15) is 22.0 Å². The van der Waals surface area contributed by atoms with Crippen molar-refractivity contribution in [1.82, 2.24) is 5.32 Å². The van der Waals surface area contributed by atoms with E-state index in [1.807, 2.05) is 48.5 Å². The Hall–Kier alpha value is -5.92. The molecule has 0 fully saturated rings. The van der Waals surface area contributed by atoms with E-state index in [9.17, 15) is 19.6 Å². The van der Waals surface area contributed by atoms with Crippen LogP contribution < -0.4 is 16.0 Å². The molecule has 10 heteroatoms. The van der Waals surface area contributed by atoms with Gasteiger partial charge < -0.3 is 16.0 Å². The molecule has 5 aromatic carbocycles. The fourth-order valence-corrected chi connectivity index (χ4v) is 9.02. The number of nitrogens with zero attached hydrogens (tertiary/aromatic N) is 1. The predicted octanol–water partition coefficient (Wildman–Crippen LogP) is 10.4. The zero-order valence-corrected chi connectivity index (χ0v) is 31.9. The maximum absolute atomic E-state index is 14.2. The zero-order chi connectivity index (χ0) is 38.1. The molecule has 1 aliphatic carbocycles. The van der Waals surface area contributed by atoms with Crippen molar-refractivity contribution < 1.29 is 14.4 Å². The van der Waals surface area contributed by atoms with Crippen LogP contribution in [0.3, 0.4) is 0 Å². The number of fused-ring (bicyclic) bond motifs is 1. The Bertz CT molecular complexity index is 2390. The Balaban J connectivity index is 1.11. The molecule has 0 bridgehead atoms. The summed E-state index contributed by atoms with van der Waals surface area (Å²) in [6.07, 6.45) is 4.14. The summed E-state index contributed by atoms with van der Waals surface area (Å²) < 4.78 is 0. The Labute approximate surface area is 333 Å². The molecule has 1 aromatic heterocycles. The van der Waals surface area contributed by atoms with E-state index in [0.29, 0.717) is 38.3 Å². The number of nitrogens with one attached hydrogen (secondary N) is 3. The van der Waals surface area contributed by atoms with Gasteiger partial charge in [0.2, 0.25) is 5.91 Å². The summed E-state index contributed by atoms with van der Waals surface area (Å²) in [7, 11) is 0. The number of thioether (sulfide) groups is 1. The number of carbonyl (C=O) groups excluding carboxylic acids is 3. The second kappa shape index (κ2) is 17.5. The third-order valence-corrected chi connectivity index (χ3v) is 12.0. The van der Waals surface area contributed by atoms with Gasteiger partial charge in [0.25, 0.3) is 11.8 Å². The monoisotopic (exact) mass is 778 g/mol. The molecule has 2 unspecified atom stereocenters. The minimum atomic E-state index is -0.666. The van der Waals surface area contributed by atoms with Crippen LogP contribution in [0.4, 0.5) is 10.7 Å². The van der Waals surface area contributed by atoms with Crippen molar-refractivity contribution in [1.29, 1.82) is 5.26 Å². The van der Waals surface area contributed by atoms with Gasteiger partial charge in [0.05, 0.1) is 5.56 Å². The van der Waals surface area contributed by atoms with Crippen molar-refractivity contribution in [3.63, 3.8) is 0 Å². The first-order valence-electron chi connectivity index (χ1n) is 17.7. The number of hydrogen-bond donors (Lipinski definition) is 3. The van der Waals surface area contributed by atoms with Crippen LogP contribution in [0.2, 0.25) is 5.02 Å². The fraction of sp³-hybridized carbons (Fsp3) is 0.111. The van der Waals surface area contributed by atoms with Gasteiger partial charge in [-0.25, -0.2) is 0 Å². The van der Waals surface area contributed by atoms with E-state index < -0.39 is 17.1 Å². The van der Waals surface area contributed by atoms with Crippen LogP contribution in [0.5, 0.6) is 0 Å². The second-order valence-corrected chi connectivity index (χ2v) is 15.7. The molecule has 3 amide bonds. The molecule has 7 rings (SSSR count). The minimum absolute atomic E-state index is 0.0396. The molecule has 0 saturated heterocycles. The first-order chi connectivity index (χ1) is 26.8. The Morgan fingerprint density at radius 1 is 0.836 bits per heavy atom. The van der Waals surface area contributed by atoms with E-state index in [1.54, 1.807) is 72.8 Å². The normalized spacial score (nSPS) is 14.2. The number of amides is 3. The average molecular weight is 779 g/mol. The number of benzene rings is 5. The maximum atomic E-state index is 14.2. The topological polar surface area (TPSA) is 111 Å². The van der Waals surface area contributed by atoms with Gasteiger partial charge in [0, 0.05) is 26.0 Å². The highest BCUT2D eigenvalue weighted by atomic mass is 35.5. The number of carbonyl (C=O) groups is 3. The molecule has 7 nitrogen and oxygen atoms in total. The molecule has 0 radical (unpaired) electrons. The highest BCUT2D eigenvalue weighted by molar-refractivity contribution is 8.00. The van der Waals surface area contributed by atoms with Crippen molar-refractivity contribution in [3.05, 3.63) is 189 Å². The summed E-state index contributed by atoms with van der Waals surface area (Å²) in [6.45, 7) is 0.